The molecular formula is C13H6Cl2F3NO. The van der Waals surface area contributed by atoms with E-state index >= 15 is 0 Å². The molecule has 0 saturated carbocycles. The van der Waals surface area contributed by atoms with Gasteiger partial charge in [-0.2, -0.15) is 0 Å². The average Bonchev–Trinajstić information content (AvgIpc) is 2.41. The summed E-state index contributed by atoms with van der Waals surface area (Å²) in [6, 6.07) is 5.95. The molecule has 0 aliphatic carbocycles. The summed E-state index contributed by atoms with van der Waals surface area (Å²) in [4.78, 5) is 11.8. The highest BCUT2D eigenvalue weighted by atomic mass is 35.5. The van der Waals surface area contributed by atoms with E-state index in [1.165, 1.54) is 18.2 Å². The standard InChI is InChI=1S/C13H6Cl2F3NO/c14-7-2-1-3-9(10(7)15)19-13(20)6-4-5-8(16)12(18)11(6)17/h1-5H,(H,19,20). The number of anilines is 1. The maximum atomic E-state index is 13.5. The Morgan fingerprint density at radius 2 is 1.70 bits per heavy atom. The quantitative estimate of drug-likeness (QED) is 0.801. The minimum absolute atomic E-state index is 0.0607. The Bertz CT molecular complexity index is 692. The number of benzene rings is 2. The van der Waals surface area contributed by atoms with Gasteiger partial charge in [-0.15, -0.1) is 0 Å². The van der Waals surface area contributed by atoms with E-state index in [0.717, 1.165) is 6.07 Å². The summed E-state index contributed by atoms with van der Waals surface area (Å²) in [6.07, 6.45) is 0. The van der Waals surface area contributed by atoms with Crippen LogP contribution >= 0.6 is 23.2 Å². The van der Waals surface area contributed by atoms with Crippen molar-refractivity contribution in [2.24, 2.45) is 0 Å². The molecule has 2 aromatic rings. The zero-order valence-electron chi connectivity index (χ0n) is 9.68. The van der Waals surface area contributed by atoms with E-state index in [1.807, 2.05) is 0 Å². The van der Waals surface area contributed by atoms with Crippen molar-refractivity contribution in [3.05, 3.63) is 63.4 Å². The van der Waals surface area contributed by atoms with Gasteiger partial charge in [-0.05, 0) is 24.3 Å². The van der Waals surface area contributed by atoms with Gasteiger partial charge in [0.15, 0.2) is 17.5 Å². The van der Waals surface area contributed by atoms with E-state index < -0.39 is 28.9 Å². The summed E-state index contributed by atoms with van der Waals surface area (Å²) in [5, 5.41) is 2.52. The van der Waals surface area contributed by atoms with Crippen molar-refractivity contribution >= 4 is 34.8 Å². The third-order valence-corrected chi connectivity index (χ3v) is 3.30. The lowest BCUT2D eigenvalue weighted by Gasteiger charge is -2.09. The van der Waals surface area contributed by atoms with E-state index in [4.69, 9.17) is 23.2 Å². The Morgan fingerprint density at radius 3 is 2.40 bits per heavy atom. The van der Waals surface area contributed by atoms with E-state index in [9.17, 15) is 18.0 Å². The maximum Gasteiger partial charge on any atom is 0.258 e. The SMILES string of the molecule is O=C(Nc1cccc(Cl)c1Cl)c1ccc(F)c(F)c1F. The van der Waals surface area contributed by atoms with Gasteiger partial charge in [0.2, 0.25) is 0 Å². The first-order valence-electron chi connectivity index (χ1n) is 5.30. The molecule has 20 heavy (non-hydrogen) atoms. The second-order valence-electron chi connectivity index (χ2n) is 3.78. The first kappa shape index (κ1) is 14.7. The lowest BCUT2D eigenvalue weighted by molar-refractivity contribution is 0.102. The molecule has 0 aliphatic rings. The van der Waals surface area contributed by atoms with Crippen LogP contribution in [0.4, 0.5) is 18.9 Å². The Morgan fingerprint density at radius 1 is 1.00 bits per heavy atom. The van der Waals surface area contributed by atoms with Crippen molar-refractivity contribution < 1.29 is 18.0 Å². The molecule has 104 valence electrons. The van der Waals surface area contributed by atoms with Crippen LogP contribution in [0.3, 0.4) is 0 Å². The molecule has 0 spiro atoms. The van der Waals surface area contributed by atoms with Crippen LogP contribution in [0.15, 0.2) is 30.3 Å². The van der Waals surface area contributed by atoms with Crippen LogP contribution < -0.4 is 5.32 Å². The number of carbonyl (C=O) groups excluding carboxylic acids is 1. The van der Waals surface area contributed by atoms with Crippen molar-refractivity contribution in [2.45, 2.75) is 0 Å². The minimum Gasteiger partial charge on any atom is -0.320 e. The molecule has 0 aromatic heterocycles. The number of hydrogen-bond donors (Lipinski definition) is 1. The van der Waals surface area contributed by atoms with Crippen LogP contribution in [0.1, 0.15) is 10.4 Å². The predicted octanol–water partition coefficient (Wildman–Crippen LogP) is 4.66. The molecule has 2 aromatic carbocycles. The van der Waals surface area contributed by atoms with Crippen LogP contribution in [0.5, 0.6) is 0 Å². The third kappa shape index (κ3) is 2.73. The lowest BCUT2D eigenvalue weighted by Crippen LogP contribution is -2.15. The van der Waals surface area contributed by atoms with Crippen molar-refractivity contribution in [3.8, 4) is 0 Å². The number of amides is 1. The highest BCUT2D eigenvalue weighted by molar-refractivity contribution is 6.44. The summed E-state index contributed by atoms with van der Waals surface area (Å²) >= 11 is 11.6. The van der Waals surface area contributed by atoms with Crippen LogP contribution in [0, 0.1) is 17.5 Å². The molecule has 0 radical (unpaired) electrons. The molecule has 7 heteroatoms. The summed E-state index contributed by atoms with van der Waals surface area (Å²) in [7, 11) is 0. The van der Waals surface area contributed by atoms with E-state index in [2.05, 4.69) is 5.32 Å². The number of hydrogen-bond acceptors (Lipinski definition) is 1. The average molecular weight is 320 g/mol. The second-order valence-corrected chi connectivity index (χ2v) is 4.56. The van der Waals surface area contributed by atoms with E-state index in [1.54, 1.807) is 0 Å². The van der Waals surface area contributed by atoms with Crippen LogP contribution in [0.2, 0.25) is 10.0 Å². The number of nitrogens with one attached hydrogen (secondary N) is 1. The molecule has 0 atom stereocenters. The van der Waals surface area contributed by atoms with Gasteiger partial charge < -0.3 is 5.32 Å². The Labute approximate surface area is 122 Å². The van der Waals surface area contributed by atoms with Gasteiger partial charge >= 0.3 is 0 Å². The monoisotopic (exact) mass is 319 g/mol. The molecule has 1 N–H and O–H groups in total. The molecule has 0 saturated heterocycles. The normalized spacial score (nSPS) is 10.4. The third-order valence-electron chi connectivity index (χ3n) is 2.48. The fraction of sp³-hybridized carbons (Fsp3) is 0. The minimum atomic E-state index is -1.71. The fourth-order valence-corrected chi connectivity index (χ4v) is 1.84. The first-order chi connectivity index (χ1) is 9.41. The van der Waals surface area contributed by atoms with Gasteiger partial charge in [-0.25, -0.2) is 13.2 Å². The van der Waals surface area contributed by atoms with E-state index in [0.29, 0.717) is 6.07 Å². The second kappa shape index (κ2) is 5.73. The zero-order chi connectivity index (χ0) is 14.9. The highest BCUT2D eigenvalue weighted by Crippen LogP contribution is 2.30. The molecule has 0 aliphatic heterocycles. The number of halogens is 5. The van der Waals surface area contributed by atoms with Crippen molar-refractivity contribution in [3.63, 3.8) is 0 Å². The number of rotatable bonds is 2. The Balaban J connectivity index is 2.34. The molecule has 0 bridgehead atoms. The first-order valence-corrected chi connectivity index (χ1v) is 6.06. The highest BCUT2D eigenvalue weighted by Gasteiger charge is 2.19. The summed E-state index contributed by atoms with van der Waals surface area (Å²) in [6.45, 7) is 0. The van der Waals surface area contributed by atoms with Gasteiger partial charge in [0, 0.05) is 0 Å². The van der Waals surface area contributed by atoms with Crippen LogP contribution in [0.25, 0.3) is 0 Å². The molecule has 0 heterocycles. The van der Waals surface area contributed by atoms with Crippen LogP contribution in [-0.4, -0.2) is 5.91 Å². The van der Waals surface area contributed by atoms with Crippen LogP contribution in [-0.2, 0) is 0 Å². The molecule has 1 amide bonds. The van der Waals surface area contributed by atoms with Crippen molar-refractivity contribution in [1.82, 2.24) is 0 Å². The lowest BCUT2D eigenvalue weighted by atomic mass is 10.1. The van der Waals surface area contributed by atoms with Gasteiger partial charge in [0.05, 0.1) is 21.3 Å². The van der Waals surface area contributed by atoms with Gasteiger partial charge in [-0.1, -0.05) is 29.3 Å². The predicted molar refractivity (Wildman–Crippen MR) is 70.7 cm³/mol. The van der Waals surface area contributed by atoms with Crippen molar-refractivity contribution in [2.75, 3.05) is 5.32 Å². The topological polar surface area (TPSA) is 29.1 Å². The van der Waals surface area contributed by atoms with Gasteiger partial charge in [-0.3, -0.25) is 4.79 Å². The molecule has 0 fully saturated rings. The van der Waals surface area contributed by atoms with Crippen molar-refractivity contribution in [1.29, 1.82) is 0 Å². The van der Waals surface area contributed by atoms with Gasteiger partial charge in [0.1, 0.15) is 0 Å². The Kier molecular flexibility index (Phi) is 4.20. The van der Waals surface area contributed by atoms with E-state index in [-0.39, 0.29) is 15.7 Å². The molecule has 2 nitrogen and oxygen atoms in total. The molecule has 0 unspecified atom stereocenters. The molecular weight excluding hydrogens is 314 g/mol. The summed E-state index contributed by atoms with van der Waals surface area (Å²) in [5.41, 5.74) is -0.506. The Hall–Kier alpha value is -1.72. The zero-order valence-corrected chi connectivity index (χ0v) is 11.2. The summed E-state index contributed by atoms with van der Waals surface area (Å²) < 4.78 is 39.3. The summed E-state index contributed by atoms with van der Waals surface area (Å²) in [5.74, 6) is -5.62. The molecule has 2 rings (SSSR count). The fourth-order valence-electron chi connectivity index (χ4n) is 1.49. The smallest absolute Gasteiger partial charge is 0.258 e. The van der Waals surface area contributed by atoms with Gasteiger partial charge in [0.25, 0.3) is 5.91 Å². The largest absolute Gasteiger partial charge is 0.320 e. The number of carbonyl (C=O) groups is 1. The maximum absolute atomic E-state index is 13.5.